The van der Waals surface area contributed by atoms with Gasteiger partial charge in [0.05, 0.1) is 17.6 Å². The van der Waals surface area contributed by atoms with Crippen molar-refractivity contribution in [1.29, 1.82) is 0 Å². The second-order valence-electron chi connectivity index (χ2n) is 3.97. The number of pyridine rings is 1. The first-order valence-corrected chi connectivity index (χ1v) is 5.94. The van der Waals surface area contributed by atoms with Crippen LogP contribution in [0.4, 0.5) is 10.1 Å². The van der Waals surface area contributed by atoms with E-state index in [0.29, 0.717) is 28.6 Å². The maximum absolute atomic E-state index is 13.7. The van der Waals surface area contributed by atoms with E-state index in [-0.39, 0.29) is 5.82 Å². The Balaban J connectivity index is 2.09. The lowest BCUT2D eigenvalue weighted by atomic mass is 10.1. The number of hydrogen-bond acceptors (Lipinski definition) is 3. The molecule has 0 bridgehead atoms. The largest absolute Gasteiger partial charge is 0.488 e. The smallest absolute Gasteiger partial charge is 0.160 e. The Kier molecular flexibility index (Phi) is 2.80. The molecule has 0 saturated carbocycles. The fraction of sp³-hybridized carbons (Fsp3) is 0.154. The molecule has 0 spiro atoms. The molecule has 1 aromatic heterocycles. The summed E-state index contributed by atoms with van der Waals surface area (Å²) in [7, 11) is 0. The fourth-order valence-corrected chi connectivity index (χ4v) is 2.06. The quantitative estimate of drug-likeness (QED) is 0.858. The minimum absolute atomic E-state index is 0.344. The summed E-state index contributed by atoms with van der Waals surface area (Å²) in [5.41, 5.74) is 1.75. The van der Waals surface area contributed by atoms with Gasteiger partial charge in [0.15, 0.2) is 5.75 Å². The lowest BCUT2D eigenvalue weighted by Gasteiger charge is -2.19. The number of nitrogens with zero attached hydrogens (tertiary/aromatic N) is 1. The highest BCUT2D eigenvalue weighted by atomic mass is 35.5. The Labute approximate surface area is 109 Å². The maximum atomic E-state index is 13.7. The van der Waals surface area contributed by atoms with E-state index in [1.165, 1.54) is 12.1 Å². The molecule has 0 unspecified atom stereocenters. The molecule has 1 aromatic carbocycles. The summed E-state index contributed by atoms with van der Waals surface area (Å²) in [6, 6.07) is 6.18. The summed E-state index contributed by atoms with van der Waals surface area (Å²) in [6.45, 7) is 1.34. The molecule has 0 amide bonds. The van der Waals surface area contributed by atoms with Crippen LogP contribution in [0.25, 0.3) is 11.3 Å². The van der Waals surface area contributed by atoms with Gasteiger partial charge in [0.1, 0.15) is 12.4 Å². The van der Waals surface area contributed by atoms with E-state index in [2.05, 4.69) is 10.3 Å². The number of anilines is 1. The van der Waals surface area contributed by atoms with Gasteiger partial charge in [-0.15, -0.1) is 0 Å². The van der Waals surface area contributed by atoms with Gasteiger partial charge in [-0.2, -0.15) is 0 Å². The highest BCUT2D eigenvalue weighted by Crippen LogP contribution is 2.32. The molecule has 0 fully saturated rings. The zero-order valence-corrected chi connectivity index (χ0v) is 10.2. The van der Waals surface area contributed by atoms with Crippen molar-refractivity contribution in [2.24, 2.45) is 0 Å². The Morgan fingerprint density at radius 1 is 1.33 bits per heavy atom. The van der Waals surface area contributed by atoms with Crippen LogP contribution in [0.5, 0.6) is 5.75 Å². The third-order valence-electron chi connectivity index (χ3n) is 2.75. The Hall–Kier alpha value is -1.81. The van der Waals surface area contributed by atoms with E-state index in [1.807, 2.05) is 0 Å². The van der Waals surface area contributed by atoms with Gasteiger partial charge in [0.25, 0.3) is 0 Å². The predicted molar refractivity (Wildman–Crippen MR) is 68.6 cm³/mol. The first kappa shape index (κ1) is 11.3. The van der Waals surface area contributed by atoms with Crippen LogP contribution in [0, 0.1) is 5.82 Å². The van der Waals surface area contributed by atoms with Gasteiger partial charge >= 0.3 is 0 Å². The van der Waals surface area contributed by atoms with Crippen molar-refractivity contribution in [1.82, 2.24) is 4.98 Å². The Morgan fingerprint density at radius 3 is 3.11 bits per heavy atom. The van der Waals surface area contributed by atoms with E-state index in [0.717, 1.165) is 12.2 Å². The van der Waals surface area contributed by atoms with Crippen LogP contribution >= 0.6 is 11.6 Å². The molecule has 1 aliphatic rings. The summed E-state index contributed by atoms with van der Waals surface area (Å²) in [5, 5.41) is 3.67. The molecule has 0 aliphatic carbocycles. The van der Waals surface area contributed by atoms with Crippen molar-refractivity contribution in [3.63, 3.8) is 0 Å². The normalized spacial score (nSPS) is 13.4. The number of fused-ring (bicyclic) bond motifs is 1. The van der Waals surface area contributed by atoms with Crippen LogP contribution in [0.3, 0.4) is 0 Å². The molecule has 18 heavy (non-hydrogen) atoms. The van der Waals surface area contributed by atoms with E-state index in [1.54, 1.807) is 18.3 Å². The molecule has 3 rings (SSSR count). The molecular weight excluding hydrogens is 255 g/mol. The summed E-state index contributed by atoms with van der Waals surface area (Å²) < 4.78 is 19.2. The van der Waals surface area contributed by atoms with Gasteiger partial charge in [-0.3, -0.25) is 4.98 Å². The third-order valence-corrected chi connectivity index (χ3v) is 2.98. The van der Waals surface area contributed by atoms with Gasteiger partial charge < -0.3 is 10.1 Å². The Morgan fingerprint density at radius 2 is 2.22 bits per heavy atom. The first-order valence-electron chi connectivity index (χ1n) is 5.56. The van der Waals surface area contributed by atoms with E-state index in [4.69, 9.17) is 16.3 Å². The number of hydrogen-bond donors (Lipinski definition) is 1. The highest BCUT2D eigenvalue weighted by Gasteiger charge is 2.13. The standard InChI is InChI=1S/C13H10ClFN2O/c14-8-1-2-10(15)9(5-8)11-6-12-13(7-17-11)18-4-3-16-12/h1-2,5-7,16H,3-4H2. The molecule has 1 N–H and O–H groups in total. The average Bonchev–Trinajstić information content (AvgIpc) is 2.41. The SMILES string of the molecule is Fc1ccc(Cl)cc1-c1cc2c(cn1)OCCN2. The van der Waals surface area contributed by atoms with Gasteiger partial charge in [-0.25, -0.2) is 4.39 Å². The summed E-state index contributed by atoms with van der Waals surface area (Å²) in [5.74, 6) is 0.344. The number of benzene rings is 1. The molecule has 0 atom stereocenters. The van der Waals surface area contributed by atoms with Gasteiger partial charge in [0.2, 0.25) is 0 Å². The lowest BCUT2D eigenvalue weighted by Crippen LogP contribution is -2.18. The third kappa shape index (κ3) is 1.99. The van der Waals surface area contributed by atoms with Gasteiger partial charge in [-0.1, -0.05) is 11.6 Å². The van der Waals surface area contributed by atoms with Crippen molar-refractivity contribution >= 4 is 17.3 Å². The number of aromatic nitrogens is 1. The topological polar surface area (TPSA) is 34.1 Å². The number of rotatable bonds is 1. The summed E-state index contributed by atoms with van der Waals surface area (Å²) >= 11 is 5.88. The Bertz CT molecular complexity index is 604. The summed E-state index contributed by atoms with van der Waals surface area (Å²) in [4.78, 5) is 4.20. The van der Waals surface area contributed by atoms with Gasteiger partial charge in [-0.05, 0) is 24.3 Å². The van der Waals surface area contributed by atoms with E-state index in [9.17, 15) is 4.39 Å². The van der Waals surface area contributed by atoms with Crippen LogP contribution < -0.4 is 10.1 Å². The van der Waals surface area contributed by atoms with Crippen LogP contribution in [-0.4, -0.2) is 18.1 Å². The van der Waals surface area contributed by atoms with Crippen molar-refractivity contribution in [2.45, 2.75) is 0 Å². The van der Waals surface area contributed by atoms with Crippen molar-refractivity contribution < 1.29 is 9.13 Å². The van der Waals surface area contributed by atoms with Crippen LogP contribution in [0.15, 0.2) is 30.5 Å². The zero-order chi connectivity index (χ0) is 12.5. The first-order chi connectivity index (χ1) is 8.74. The molecule has 92 valence electrons. The number of halogens is 2. The molecule has 0 radical (unpaired) electrons. The molecule has 1 aliphatic heterocycles. The number of nitrogens with one attached hydrogen (secondary N) is 1. The summed E-state index contributed by atoms with van der Waals surface area (Å²) in [6.07, 6.45) is 1.59. The van der Waals surface area contributed by atoms with Crippen LogP contribution in [-0.2, 0) is 0 Å². The molecule has 2 heterocycles. The number of ether oxygens (including phenoxy) is 1. The second-order valence-corrected chi connectivity index (χ2v) is 4.40. The van der Waals surface area contributed by atoms with Crippen molar-refractivity contribution in [3.05, 3.63) is 41.3 Å². The van der Waals surface area contributed by atoms with Crippen LogP contribution in [0.2, 0.25) is 5.02 Å². The molecule has 5 heteroatoms. The fourth-order valence-electron chi connectivity index (χ4n) is 1.88. The predicted octanol–water partition coefficient (Wildman–Crippen LogP) is 3.35. The van der Waals surface area contributed by atoms with Crippen LogP contribution in [0.1, 0.15) is 0 Å². The zero-order valence-electron chi connectivity index (χ0n) is 9.41. The highest BCUT2D eigenvalue weighted by molar-refractivity contribution is 6.30. The monoisotopic (exact) mass is 264 g/mol. The molecule has 0 saturated heterocycles. The minimum Gasteiger partial charge on any atom is -0.488 e. The molecule has 3 nitrogen and oxygen atoms in total. The van der Waals surface area contributed by atoms with Crippen molar-refractivity contribution in [3.8, 4) is 17.0 Å². The average molecular weight is 265 g/mol. The van der Waals surface area contributed by atoms with E-state index < -0.39 is 0 Å². The lowest BCUT2D eigenvalue weighted by molar-refractivity contribution is 0.322. The maximum Gasteiger partial charge on any atom is 0.160 e. The molecular formula is C13H10ClFN2O. The van der Waals surface area contributed by atoms with Crippen molar-refractivity contribution in [2.75, 3.05) is 18.5 Å². The minimum atomic E-state index is -0.344. The van der Waals surface area contributed by atoms with E-state index >= 15 is 0 Å². The second kappa shape index (κ2) is 4.46. The molecule has 2 aromatic rings. The van der Waals surface area contributed by atoms with Gasteiger partial charge in [0, 0.05) is 17.1 Å².